The number of benzene rings is 1. The fourth-order valence-corrected chi connectivity index (χ4v) is 1.68. The summed E-state index contributed by atoms with van der Waals surface area (Å²) in [6, 6.07) is 5.55. The highest BCUT2D eigenvalue weighted by atomic mass is 16.5. The number of rotatable bonds is 7. The lowest BCUT2D eigenvalue weighted by Crippen LogP contribution is -2.03. The molecule has 1 heterocycles. The summed E-state index contributed by atoms with van der Waals surface area (Å²) in [5.41, 5.74) is 6.35. The molecule has 0 aliphatic rings. The highest BCUT2D eigenvalue weighted by molar-refractivity contribution is 5.80. The van der Waals surface area contributed by atoms with Crippen molar-refractivity contribution in [1.29, 1.82) is 0 Å². The third-order valence-corrected chi connectivity index (χ3v) is 2.93. The van der Waals surface area contributed by atoms with Crippen molar-refractivity contribution < 1.29 is 9.47 Å². The first-order valence-corrected chi connectivity index (χ1v) is 6.99. The van der Waals surface area contributed by atoms with E-state index in [1.807, 2.05) is 18.2 Å². The first-order valence-electron chi connectivity index (χ1n) is 6.99. The molecule has 0 aliphatic heterocycles. The Hall–Kier alpha value is -2.64. The molecule has 0 atom stereocenters. The number of ether oxygens (including phenoxy) is 2. The monoisotopic (exact) mass is 304 g/mol. The highest BCUT2D eigenvalue weighted by Crippen LogP contribution is 2.27. The third kappa shape index (κ3) is 4.18. The van der Waals surface area contributed by atoms with E-state index in [1.165, 1.54) is 0 Å². The van der Waals surface area contributed by atoms with E-state index >= 15 is 0 Å². The van der Waals surface area contributed by atoms with E-state index in [-0.39, 0.29) is 5.95 Å². The molecular weight excluding hydrogens is 284 g/mol. The zero-order chi connectivity index (χ0) is 15.9. The lowest BCUT2D eigenvalue weighted by molar-refractivity contribution is 0.273. The SMILES string of the molecule is COc1cc(/C=N/n2nnnc2N)ccc1OCCC(C)C. The van der Waals surface area contributed by atoms with Crippen LogP contribution < -0.4 is 15.2 Å². The van der Waals surface area contributed by atoms with Crippen LogP contribution >= 0.6 is 0 Å². The van der Waals surface area contributed by atoms with Crippen LogP contribution in [0.3, 0.4) is 0 Å². The molecule has 8 heteroatoms. The van der Waals surface area contributed by atoms with Crippen molar-refractivity contribution in [2.45, 2.75) is 20.3 Å². The minimum absolute atomic E-state index is 0.122. The number of anilines is 1. The van der Waals surface area contributed by atoms with E-state index in [0.717, 1.165) is 16.8 Å². The standard InChI is InChI=1S/C14H20N6O2/c1-10(2)6-7-22-12-5-4-11(8-13(12)21-3)9-16-20-14(15)17-18-19-20/h4-5,8-10H,6-7H2,1-3H3,(H2,15,17,19)/b16-9+. The Balaban J connectivity index is 2.08. The number of nitrogens with zero attached hydrogens (tertiary/aromatic N) is 5. The summed E-state index contributed by atoms with van der Waals surface area (Å²) in [5, 5.41) is 14.6. The van der Waals surface area contributed by atoms with Gasteiger partial charge < -0.3 is 15.2 Å². The number of aromatic nitrogens is 4. The summed E-state index contributed by atoms with van der Waals surface area (Å²) in [4.78, 5) is 1.14. The molecule has 8 nitrogen and oxygen atoms in total. The normalized spacial score (nSPS) is 11.3. The van der Waals surface area contributed by atoms with Crippen LogP contribution in [0.1, 0.15) is 25.8 Å². The first-order chi connectivity index (χ1) is 10.6. The Morgan fingerprint density at radius 2 is 2.18 bits per heavy atom. The zero-order valence-electron chi connectivity index (χ0n) is 12.9. The lowest BCUT2D eigenvalue weighted by atomic mass is 10.1. The zero-order valence-corrected chi connectivity index (χ0v) is 12.9. The van der Waals surface area contributed by atoms with Crippen molar-refractivity contribution in [3.8, 4) is 11.5 Å². The summed E-state index contributed by atoms with van der Waals surface area (Å²) in [5.74, 6) is 2.08. The number of nitrogen functional groups attached to an aromatic ring is 1. The summed E-state index contributed by atoms with van der Waals surface area (Å²) in [7, 11) is 1.60. The van der Waals surface area contributed by atoms with Gasteiger partial charge in [0.15, 0.2) is 11.5 Å². The second-order valence-electron chi connectivity index (χ2n) is 5.11. The Kier molecular flexibility index (Phi) is 5.29. The van der Waals surface area contributed by atoms with Gasteiger partial charge in [-0.25, -0.2) is 0 Å². The smallest absolute Gasteiger partial charge is 0.263 e. The maximum absolute atomic E-state index is 5.74. The molecule has 0 unspecified atom stereocenters. The molecule has 0 saturated heterocycles. The molecule has 22 heavy (non-hydrogen) atoms. The third-order valence-electron chi connectivity index (χ3n) is 2.93. The van der Waals surface area contributed by atoms with Crippen molar-refractivity contribution in [3.05, 3.63) is 23.8 Å². The van der Waals surface area contributed by atoms with Crippen molar-refractivity contribution >= 4 is 12.2 Å². The maximum Gasteiger partial charge on any atom is 0.263 e. The average Bonchev–Trinajstić information content (AvgIpc) is 2.91. The van der Waals surface area contributed by atoms with Gasteiger partial charge >= 0.3 is 0 Å². The van der Waals surface area contributed by atoms with Crippen LogP contribution in [0.15, 0.2) is 23.3 Å². The largest absolute Gasteiger partial charge is 0.493 e. The quantitative estimate of drug-likeness (QED) is 0.779. The second kappa shape index (κ2) is 7.39. The number of tetrazole rings is 1. The molecule has 1 aromatic carbocycles. The van der Waals surface area contributed by atoms with E-state index in [0.29, 0.717) is 24.0 Å². The van der Waals surface area contributed by atoms with Crippen LogP contribution in [0.4, 0.5) is 5.95 Å². The van der Waals surface area contributed by atoms with E-state index in [4.69, 9.17) is 15.2 Å². The van der Waals surface area contributed by atoms with Crippen LogP contribution in [0.2, 0.25) is 0 Å². The number of hydrogen-bond acceptors (Lipinski definition) is 7. The molecular formula is C14H20N6O2. The fourth-order valence-electron chi connectivity index (χ4n) is 1.68. The summed E-state index contributed by atoms with van der Waals surface area (Å²) < 4.78 is 11.1. The Labute approximate surface area is 128 Å². The minimum atomic E-state index is 0.122. The second-order valence-corrected chi connectivity index (χ2v) is 5.11. The van der Waals surface area contributed by atoms with Gasteiger partial charge in [-0.2, -0.15) is 5.10 Å². The average molecular weight is 304 g/mol. The highest BCUT2D eigenvalue weighted by Gasteiger charge is 2.06. The van der Waals surface area contributed by atoms with Crippen molar-refractivity contribution in [1.82, 2.24) is 20.3 Å². The van der Waals surface area contributed by atoms with E-state index in [9.17, 15) is 0 Å². The first kappa shape index (κ1) is 15.7. The molecule has 2 rings (SSSR count). The van der Waals surface area contributed by atoms with E-state index in [1.54, 1.807) is 13.3 Å². The van der Waals surface area contributed by atoms with Crippen LogP contribution in [-0.2, 0) is 0 Å². The van der Waals surface area contributed by atoms with Gasteiger partial charge in [0.05, 0.1) is 19.9 Å². The van der Waals surface area contributed by atoms with Gasteiger partial charge in [-0.3, -0.25) is 0 Å². The van der Waals surface area contributed by atoms with Crippen LogP contribution in [0, 0.1) is 5.92 Å². The lowest BCUT2D eigenvalue weighted by Gasteiger charge is -2.12. The summed E-state index contributed by atoms with van der Waals surface area (Å²) in [6.45, 7) is 4.97. The molecule has 0 amide bonds. The van der Waals surface area contributed by atoms with Gasteiger partial charge in [0.2, 0.25) is 0 Å². The minimum Gasteiger partial charge on any atom is -0.493 e. The number of hydrogen-bond donors (Lipinski definition) is 1. The molecule has 2 N–H and O–H groups in total. The molecule has 2 aromatic rings. The molecule has 0 bridgehead atoms. The molecule has 0 fully saturated rings. The van der Waals surface area contributed by atoms with E-state index < -0.39 is 0 Å². The predicted octanol–water partition coefficient (Wildman–Crippen LogP) is 1.57. The predicted molar refractivity (Wildman–Crippen MR) is 83.2 cm³/mol. The fraction of sp³-hybridized carbons (Fsp3) is 0.429. The van der Waals surface area contributed by atoms with Crippen LogP contribution in [0.25, 0.3) is 0 Å². The summed E-state index contributed by atoms with van der Waals surface area (Å²) in [6.07, 6.45) is 2.58. The Morgan fingerprint density at radius 1 is 1.36 bits per heavy atom. The maximum atomic E-state index is 5.74. The van der Waals surface area contributed by atoms with Gasteiger partial charge in [0, 0.05) is 0 Å². The molecule has 0 aliphatic carbocycles. The van der Waals surface area contributed by atoms with Crippen molar-refractivity contribution in [2.75, 3.05) is 19.5 Å². The number of methoxy groups -OCH3 is 1. The van der Waals surface area contributed by atoms with Gasteiger partial charge in [-0.05, 0) is 46.5 Å². The van der Waals surface area contributed by atoms with Crippen molar-refractivity contribution in [3.63, 3.8) is 0 Å². The van der Waals surface area contributed by atoms with Gasteiger partial charge in [0.1, 0.15) is 0 Å². The van der Waals surface area contributed by atoms with E-state index in [2.05, 4.69) is 34.5 Å². The van der Waals surface area contributed by atoms with Gasteiger partial charge in [0.25, 0.3) is 5.95 Å². The summed E-state index contributed by atoms with van der Waals surface area (Å²) >= 11 is 0. The molecule has 0 saturated carbocycles. The number of nitrogens with two attached hydrogens (primary N) is 1. The van der Waals surface area contributed by atoms with Crippen LogP contribution in [-0.4, -0.2) is 40.2 Å². The topological polar surface area (TPSA) is 100 Å². The Bertz CT molecular complexity index is 638. The van der Waals surface area contributed by atoms with Crippen LogP contribution in [0.5, 0.6) is 11.5 Å². The molecule has 1 aromatic heterocycles. The van der Waals surface area contributed by atoms with Gasteiger partial charge in [-0.15, -0.1) is 0 Å². The molecule has 0 spiro atoms. The Morgan fingerprint density at radius 3 is 2.82 bits per heavy atom. The molecule has 0 radical (unpaired) electrons. The van der Waals surface area contributed by atoms with Gasteiger partial charge in [-0.1, -0.05) is 23.7 Å². The van der Waals surface area contributed by atoms with Crippen molar-refractivity contribution in [2.24, 2.45) is 11.0 Å². The molecule has 118 valence electrons.